The van der Waals surface area contributed by atoms with Gasteiger partial charge in [-0.2, -0.15) is 5.26 Å². The van der Waals surface area contributed by atoms with E-state index < -0.39 is 4.92 Å². The molecule has 7 heteroatoms. The number of anilines is 1. The summed E-state index contributed by atoms with van der Waals surface area (Å²) in [5.74, 6) is 0.469. The van der Waals surface area contributed by atoms with Gasteiger partial charge < -0.3 is 10.1 Å². The minimum atomic E-state index is -0.608. The van der Waals surface area contributed by atoms with E-state index in [0.29, 0.717) is 5.82 Å². The third-order valence-electron chi connectivity index (χ3n) is 3.27. The summed E-state index contributed by atoms with van der Waals surface area (Å²) in [6.45, 7) is 0. The van der Waals surface area contributed by atoms with Crippen molar-refractivity contribution < 1.29 is 9.66 Å². The highest BCUT2D eigenvalue weighted by molar-refractivity contribution is 5.50. The second kappa shape index (κ2) is 5.63. The number of nitro groups is 1. The highest BCUT2D eigenvalue weighted by atomic mass is 16.6. The summed E-state index contributed by atoms with van der Waals surface area (Å²) >= 11 is 0. The molecule has 0 saturated heterocycles. The molecule has 1 fully saturated rings. The van der Waals surface area contributed by atoms with E-state index in [4.69, 9.17) is 10.00 Å². The topological polar surface area (TPSA) is 101 Å². The Labute approximate surface area is 110 Å². The van der Waals surface area contributed by atoms with E-state index in [2.05, 4.69) is 10.3 Å². The highest BCUT2D eigenvalue weighted by Crippen LogP contribution is 2.25. The fraction of sp³-hybridized carbons (Fsp3) is 0.500. The fourth-order valence-corrected chi connectivity index (χ4v) is 2.32. The number of hydrogen-bond donors (Lipinski definition) is 1. The van der Waals surface area contributed by atoms with Crippen LogP contribution < -0.4 is 5.32 Å². The molecule has 100 valence electrons. The maximum absolute atomic E-state index is 10.7. The van der Waals surface area contributed by atoms with Gasteiger partial charge in [-0.15, -0.1) is 0 Å². The van der Waals surface area contributed by atoms with E-state index in [1.54, 1.807) is 13.2 Å². The third-order valence-corrected chi connectivity index (χ3v) is 3.27. The van der Waals surface area contributed by atoms with Crippen LogP contribution in [0.25, 0.3) is 0 Å². The first-order valence-electron chi connectivity index (χ1n) is 6.00. The number of ether oxygens (including phenoxy) is 1. The number of nitrogens with one attached hydrogen (secondary N) is 1. The molecule has 1 N–H and O–H groups in total. The molecule has 0 aromatic carbocycles. The van der Waals surface area contributed by atoms with Gasteiger partial charge in [0, 0.05) is 13.2 Å². The van der Waals surface area contributed by atoms with Crippen molar-refractivity contribution >= 4 is 11.5 Å². The molecular weight excluding hydrogens is 248 g/mol. The van der Waals surface area contributed by atoms with Crippen molar-refractivity contribution in [3.05, 3.63) is 27.9 Å². The molecule has 7 nitrogen and oxygen atoms in total. The lowest BCUT2D eigenvalue weighted by molar-refractivity contribution is -0.385. The van der Waals surface area contributed by atoms with Gasteiger partial charge >= 0.3 is 5.69 Å². The van der Waals surface area contributed by atoms with Crippen LogP contribution in [-0.4, -0.2) is 29.2 Å². The lowest BCUT2D eigenvalue weighted by Gasteiger charge is -2.20. The molecule has 0 radical (unpaired) electrons. The van der Waals surface area contributed by atoms with Crippen molar-refractivity contribution in [2.24, 2.45) is 0 Å². The highest BCUT2D eigenvalue weighted by Gasteiger charge is 2.27. The first-order valence-corrected chi connectivity index (χ1v) is 6.00. The first kappa shape index (κ1) is 13.2. The molecular formula is C12H14N4O3. The van der Waals surface area contributed by atoms with Crippen molar-refractivity contribution in [3.63, 3.8) is 0 Å². The maximum atomic E-state index is 10.7. The lowest BCUT2D eigenvalue weighted by atomic mass is 10.2. The molecule has 1 aromatic rings. The van der Waals surface area contributed by atoms with Gasteiger partial charge in [0.05, 0.1) is 17.1 Å². The summed E-state index contributed by atoms with van der Waals surface area (Å²) in [5.41, 5.74) is -0.454. The van der Waals surface area contributed by atoms with Gasteiger partial charge in [-0.3, -0.25) is 10.1 Å². The standard InChI is InChI=1S/C12H14N4O3/c1-19-11-4-2-3-8(11)14-12-6-5-10(16(17)18)9(7-13)15-12/h5-6,8,11H,2-4H2,1H3,(H,14,15). The van der Waals surface area contributed by atoms with Crippen LogP contribution in [0.5, 0.6) is 0 Å². The van der Waals surface area contributed by atoms with Gasteiger partial charge in [0.25, 0.3) is 0 Å². The Hall–Kier alpha value is -2.20. The monoisotopic (exact) mass is 262 g/mol. The number of rotatable bonds is 4. The van der Waals surface area contributed by atoms with Crippen molar-refractivity contribution in [1.29, 1.82) is 5.26 Å². The van der Waals surface area contributed by atoms with Crippen molar-refractivity contribution in [2.45, 2.75) is 31.4 Å². The van der Waals surface area contributed by atoms with E-state index in [1.807, 2.05) is 0 Å². The zero-order valence-electron chi connectivity index (χ0n) is 10.5. The van der Waals surface area contributed by atoms with E-state index in [1.165, 1.54) is 12.1 Å². The molecule has 2 atom stereocenters. The predicted molar refractivity (Wildman–Crippen MR) is 67.7 cm³/mol. The van der Waals surface area contributed by atoms with Gasteiger partial charge in [0.2, 0.25) is 5.69 Å². The smallest absolute Gasteiger partial charge is 0.305 e. The fourth-order valence-electron chi connectivity index (χ4n) is 2.32. The van der Waals surface area contributed by atoms with Crippen LogP contribution in [0, 0.1) is 21.4 Å². The average molecular weight is 262 g/mol. The second-order valence-corrected chi connectivity index (χ2v) is 4.39. The zero-order valence-corrected chi connectivity index (χ0v) is 10.5. The Kier molecular flexibility index (Phi) is 3.92. The molecule has 0 bridgehead atoms. The minimum absolute atomic E-state index is 0.113. The molecule has 1 heterocycles. The Morgan fingerprint density at radius 2 is 2.37 bits per heavy atom. The van der Waals surface area contributed by atoms with Gasteiger partial charge in [0.1, 0.15) is 11.9 Å². The molecule has 2 rings (SSSR count). The van der Waals surface area contributed by atoms with Crippen molar-refractivity contribution in [2.75, 3.05) is 12.4 Å². The zero-order chi connectivity index (χ0) is 13.8. The van der Waals surface area contributed by atoms with Crippen LogP contribution >= 0.6 is 0 Å². The van der Waals surface area contributed by atoms with E-state index >= 15 is 0 Å². The summed E-state index contributed by atoms with van der Waals surface area (Å²) in [4.78, 5) is 14.1. The predicted octanol–water partition coefficient (Wildman–Crippen LogP) is 1.84. The molecule has 1 aliphatic carbocycles. The molecule has 0 amide bonds. The van der Waals surface area contributed by atoms with Gasteiger partial charge in [-0.05, 0) is 25.3 Å². The molecule has 2 unspecified atom stereocenters. The van der Waals surface area contributed by atoms with Crippen LogP contribution in [0.15, 0.2) is 12.1 Å². The molecule has 1 aromatic heterocycles. The lowest BCUT2D eigenvalue weighted by Crippen LogP contribution is -2.30. The summed E-state index contributed by atoms with van der Waals surface area (Å²) in [6, 6.07) is 4.69. The number of aromatic nitrogens is 1. The van der Waals surface area contributed by atoms with Gasteiger partial charge in [0.15, 0.2) is 0 Å². The molecule has 0 spiro atoms. The number of pyridine rings is 1. The maximum Gasteiger partial charge on any atom is 0.305 e. The Morgan fingerprint density at radius 1 is 1.58 bits per heavy atom. The third kappa shape index (κ3) is 2.80. The number of nitriles is 1. The SMILES string of the molecule is COC1CCCC1Nc1ccc([N+](=O)[O-])c(C#N)n1. The summed E-state index contributed by atoms with van der Waals surface area (Å²) < 4.78 is 5.35. The van der Waals surface area contributed by atoms with Crippen molar-refractivity contribution in [1.82, 2.24) is 4.98 Å². The van der Waals surface area contributed by atoms with Crippen LogP contribution in [0.2, 0.25) is 0 Å². The Balaban J connectivity index is 2.18. The van der Waals surface area contributed by atoms with E-state index in [9.17, 15) is 10.1 Å². The number of nitrogens with zero attached hydrogens (tertiary/aromatic N) is 3. The number of methoxy groups -OCH3 is 1. The Bertz CT molecular complexity index is 526. The second-order valence-electron chi connectivity index (χ2n) is 4.39. The number of hydrogen-bond acceptors (Lipinski definition) is 6. The van der Waals surface area contributed by atoms with Crippen LogP contribution in [0.1, 0.15) is 25.0 Å². The largest absolute Gasteiger partial charge is 0.379 e. The summed E-state index contributed by atoms with van der Waals surface area (Å²) in [7, 11) is 1.66. The van der Waals surface area contributed by atoms with E-state index in [0.717, 1.165) is 19.3 Å². The van der Waals surface area contributed by atoms with Crippen molar-refractivity contribution in [3.8, 4) is 6.07 Å². The summed E-state index contributed by atoms with van der Waals surface area (Å²) in [6.07, 6.45) is 3.11. The summed E-state index contributed by atoms with van der Waals surface area (Å²) in [5, 5.41) is 22.8. The quantitative estimate of drug-likeness (QED) is 0.656. The molecule has 1 aliphatic rings. The van der Waals surface area contributed by atoms with E-state index in [-0.39, 0.29) is 23.5 Å². The molecule has 0 aliphatic heterocycles. The minimum Gasteiger partial charge on any atom is -0.379 e. The van der Waals surface area contributed by atoms with Crippen LogP contribution in [-0.2, 0) is 4.74 Å². The van der Waals surface area contributed by atoms with Gasteiger partial charge in [-0.25, -0.2) is 4.98 Å². The van der Waals surface area contributed by atoms with Crippen LogP contribution in [0.4, 0.5) is 11.5 Å². The normalized spacial score (nSPS) is 21.9. The van der Waals surface area contributed by atoms with Gasteiger partial charge in [-0.1, -0.05) is 0 Å². The van der Waals surface area contributed by atoms with Crippen LogP contribution in [0.3, 0.4) is 0 Å². The Morgan fingerprint density at radius 3 is 3.00 bits per heavy atom. The molecule has 19 heavy (non-hydrogen) atoms. The molecule has 1 saturated carbocycles. The average Bonchev–Trinajstić information content (AvgIpc) is 2.85. The first-order chi connectivity index (χ1) is 9.15.